The number of aryl methyl sites for hydroxylation is 4. The van der Waals surface area contributed by atoms with Crippen molar-refractivity contribution in [3.8, 4) is 0 Å². The summed E-state index contributed by atoms with van der Waals surface area (Å²) in [6.45, 7) is 7.80. The van der Waals surface area contributed by atoms with Gasteiger partial charge in [-0.1, -0.05) is 12.1 Å². The fraction of sp³-hybridized carbons (Fsp3) is 0.364. The molecule has 3 heterocycles. The van der Waals surface area contributed by atoms with Crippen LogP contribution in [0.3, 0.4) is 0 Å². The first-order valence-electron chi connectivity index (χ1n) is 10.1. The molecular formula is C22H26N6O2. The van der Waals surface area contributed by atoms with Gasteiger partial charge in [-0.15, -0.1) is 0 Å². The lowest BCUT2D eigenvalue weighted by molar-refractivity contribution is 0.102. The van der Waals surface area contributed by atoms with Crippen LogP contribution >= 0.6 is 0 Å². The molecule has 8 nitrogen and oxygen atoms in total. The van der Waals surface area contributed by atoms with Crippen LogP contribution in [0.5, 0.6) is 0 Å². The maximum absolute atomic E-state index is 13.3. The zero-order valence-electron chi connectivity index (χ0n) is 17.8. The minimum Gasteiger partial charge on any atom is -0.382 e. The van der Waals surface area contributed by atoms with E-state index in [-0.39, 0.29) is 5.91 Å². The second kappa shape index (κ2) is 8.23. The summed E-state index contributed by atoms with van der Waals surface area (Å²) in [6, 6.07) is 9.68. The van der Waals surface area contributed by atoms with Crippen molar-refractivity contribution in [2.75, 3.05) is 18.5 Å². The van der Waals surface area contributed by atoms with Crippen LogP contribution in [0.2, 0.25) is 0 Å². The van der Waals surface area contributed by atoms with E-state index in [0.29, 0.717) is 36.9 Å². The lowest BCUT2D eigenvalue weighted by Crippen LogP contribution is -2.17. The van der Waals surface area contributed by atoms with Gasteiger partial charge in [-0.25, -0.2) is 9.97 Å². The molecule has 0 spiro atoms. The molecular weight excluding hydrogens is 380 g/mol. The highest BCUT2D eigenvalue weighted by Crippen LogP contribution is 2.24. The highest BCUT2D eigenvalue weighted by Gasteiger charge is 2.20. The van der Waals surface area contributed by atoms with Crippen molar-refractivity contribution >= 4 is 33.9 Å². The quantitative estimate of drug-likeness (QED) is 0.474. The zero-order chi connectivity index (χ0) is 21.3. The van der Waals surface area contributed by atoms with Gasteiger partial charge in [-0.05, 0) is 45.4 Å². The molecule has 0 bridgehead atoms. The molecule has 4 rings (SSSR count). The molecule has 4 aromatic rings. The first-order chi connectivity index (χ1) is 14.5. The Bertz CT molecular complexity index is 1220. The van der Waals surface area contributed by atoms with Gasteiger partial charge in [0.2, 0.25) is 5.95 Å². The summed E-state index contributed by atoms with van der Waals surface area (Å²) in [5.41, 5.74) is 4.62. The summed E-state index contributed by atoms with van der Waals surface area (Å²) in [5, 5.41) is 8.21. The van der Waals surface area contributed by atoms with E-state index in [1.54, 1.807) is 10.7 Å². The number of hydrogen-bond donors (Lipinski definition) is 1. The van der Waals surface area contributed by atoms with Crippen LogP contribution in [0.4, 0.5) is 5.95 Å². The van der Waals surface area contributed by atoms with E-state index >= 15 is 0 Å². The highest BCUT2D eigenvalue weighted by atomic mass is 16.5. The molecule has 0 aliphatic heterocycles. The van der Waals surface area contributed by atoms with Crippen LogP contribution in [0.1, 0.15) is 35.1 Å². The third kappa shape index (κ3) is 3.66. The molecule has 0 fully saturated rings. The number of imidazole rings is 1. The molecule has 30 heavy (non-hydrogen) atoms. The number of anilines is 1. The predicted molar refractivity (Wildman–Crippen MR) is 117 cm³/mol. The van der Waals surface area contributed by atoms with Crippen molar-refractivity contribution in [2.45, 2.75) is 33.7 Å². The average molecular weight is 406 g/mol. The Kier molecular flexibility index (Phi) is 5.50. The minimum absolute atomic E-state index is 0.219. The number of fused-ring (bicyclic) bond motifs is 2. The number of carbonyl (C=O) groups excluding carboxylic acids is 1. The van der Waals surface area contributed by atoms with E-state index in [4.69, 9.17) is 4.74 Å². The van der Waals surface area contributed by atoms with Gasteiger partial charge in [0.1, 0.15) is 0 Å². The Balaban J connectivity index is 1.71. The summed E-state index contributed by atoms with van der Waals surface area (Å²) >= 11 is 0. The summed E-state index contributed by atoms with van der Waals surface area (Å²) in [5.74, 6) is 0.310. The van der Waals surface area contributed by atoms with E-state index in [9.17, 15) is 4.79 Å². The van der Waals surface area contributed by atoms with Gasteiger partial charge in [0.25, 0.3) is 5.91 Å². The van der Waals surface area contributed by atoms with Gasteiger partial charge < -0.3 is 9.30 Å². The summed E-state index contributed by atoms with van der Waals surface area (Å²) in [4.78, 5) is 22.5. The molecule has 0 saturated heterocycles. The van der Waals surface area contributed by atoms with Gasteiger partial charge in [0, 0.05) is 32.5 Å². The molecule has 156 valence electrons. The second-order valence-corrected chi connectivity index (χ2v) is 7.30. The molecule has 1 N–H and O–H groups in total. The van der Waals surface area contributed by atoms with E-state index in [1.165, 1.54) is 0 Å². The van der Waals surface area contributed by atoms with Crippen molar-refractivity contribution in [3.63, 3.8) is 0 Å². The third-order valence-corrected chi connectivity index (χ3v) is 5.10. The van der Waals surface area contributed by atoms with Crippen LogP contribution in [0.25, 0.3) is 22.1 Å². The molecule has 0 aliphatic carbocycles. The number of carbonyl (C=O) groups is 1. The SMILES string of the molecule is CCOCCCn1c(NC(=O)c2cc(C)nc3c2c(C)nn3C)nc2ccccc21. The number of aromatic nitrogens is 5. The largest absolute Gasteiger partial charge is 0.382 e. The molecule has 0 radical (unpaired) electrons. The van der Waals surface area contributed by atoms with E-state index < -0.39 is 0 Å². The van der Waals surface area contributed by atoms with Crippen LogP contribution in [0.15, 0.2) is 30.3 Å². The number of hydrogen-bond acceptors (Lipinski definition) is 5. The van der Waals surface area contributed by atoms with Crippen molar-refractivity contribution in [1.82, 2.24) is 24.3 Å². The lowest BCUT2D eigenvalue weighted by atomic mass is 10.1. The average Bonchev–Trinajstić information content (AvgIpc) is 3.21. The lowest BCUT2D eigenvalue weighted by Gasteiger charge is -2.11. The molecule has 8 heteroatoms. The van der Waals surface area contributed by atoms with Crippen molar-refractivity contribution in [2.24, 2.45) is 7.05 Å². The number of nitrogens with zero attached hydrogens (tertiary/aromatic N) is 5. The van der Waals surface area contributed by atoms with E-state index in [1.807, 2.05) is 56.7 Å². The fourth-order valence-electron chi connectivity index (χ4n) is 3.78. The maximum Gasteiger partial charge on any atom is 0.258 e. The molecule has 0 unspecified atom stereocenters. The van der Waals surface area contributed by atoms with Crippen LogP contribution in [0, 0.1) is 13.8 Å². The Morgan fingerprint density at radius 3 is 2.80 bits per heavy atom. The first-order valence-corrected chi connectivity index (χ1v) is 10.1. The summed E-state index contributed by atoms with van der Waals surface area (Å²) < 4.78 is 9.21. The van der Waals surface area contributed by atoms with Crippen LogP contribution < -0.4 is 5.32 Å². The van der Waals surface area contributed by atoms with Gasteiger partial charge >= 0.3 is 0 Å². The number of para-hydroxylation sites is 2. The third-order valence-electron chi connectivity index (χ3n) is 5.10. The van der Waals surface area contributed by atoms with Crippen molar-refractivity contribution in [3.05, 3.63) is 47.3 Å². The van der Waals surface area contributed by atoms with Gasteiger partial charge in [-0.2, -0.15) is 5.10 Å². The molecule has 0 saturated carbocycles. The minimum atomic E-state index is -0.219. The second-order valence-electron chi connectivity index (χ2n) is 7.30. The molecule has 0 atom stereocenters. The van der Waals surface area contributed by atoms with Crippen molar-refractivity contribution in [1.29, 1.82) is 0 Å². The number of pyridine rings is 1. The van der Waals surface area contributed by atoms with E-state index in [2.05, 4.69) is 20.4 Å². The number of benzene rings is 1. The standard InChI is InChI=1S/C22H26N6O2/c1-5-30-12-8-11-28-18-10-7-6-9-17(18)24-22(28)25-21(29)16-13-14(2)23-20-19(16)15(3)26-27(20)4/h6-7,9-10,13H,5,8,11-12H2,1-4H3,(H,24,25,29). The Hall–Kier alpha value is -3.26. The number of rotatable bonds is 7. The predicted octanol–water partition coefficient (Wildman–Crippen LogP) is 3.61. The van der Waals surface area contributed by atoms with Crippen molar-refractivity contribution < 1.29 is 9.53 Å². The van der Waals surface area contributed by atoms with Gasteiger partial charge in [0.15, 0.2) is 5.65 Å². The maximum atomic E-state index is 13.3. The normalized spacial score (nSPS) is 11.5. The number of nitrogens with one attached hydrogen (secondary N) is 1. The first kappa shape index (κ1) is 20.0. The highest BCUT2D eigenvalue weighted by molar-refractivity contribution is 6.12. The number of amides is 1. The Morgan fingerprint density at radius 2 is 2.00 bits per heavy atom. The van der Waals surface area contributed by atoms with Gasteiger partial charge in [0.05, 0.1) is 27.7 Å². The Labute approximate surface area is 174 Å². The zero-order valence-corrected chi connectivity index (χ0v) is 17.8. The van der Waals surface area contributed by atoms with Gasteiger partial charge in [-0.3, -0.25) is 14.8 Å². The molecule has 1 amide bonds. The Morgan fingerprint density at radius 1 is 1.20 bits per heavy atom. The van der Waals surface area contributed by atoms with Crippen LogP contribution in [-0.4, -0.2) is 43.4 Å². The fourth-order valence-corrected chi connectivity index (χ4v) is 3.78. The summed E-state index contributed by atoms with van der Waals surface area (Å²) in [6.07, 6.45) is 0.831. The molecule has 3 aromatic heterocycles. The summed E-state index contributed by atoms with van der Waals surface area (Å²) in [7, 11) is 1.83. The topological polar surface area (TPSA) is 86.9 Å². The van der Waals surface area contributed by atoms with E-state index in [0.717, 1.165) is 34.2 Å². The number of ether oxygens (including phenoxy) is 1. The molecule has 0 aliphatic rings. The molecule has 1 aromatic carbocycles. The monoisotopic (exact) mass is 406 g/mol. The smallest absolute Gasteiger partial charge is 0.258 e. The van der Waals surface area contributed by atoms with Crippen LogP contribution in [-0.2, 0) is 18.3 Å².